The molecule has 0 aliphatic carbocycles. The number of ether oxygens (including phenoxy) is 2. The number of methoxy groups -OCH3 is 2. The molecule has 1 aromatic heterocycles. The third-order valence-electron chi connectivity index (χ3n) is 3.87. The van der Waals surface area contributed by atoms with Gasteiger partial charge in [-0.05, 0) is 48.5 Å². The lowest BCUT2D eigenvalue weighted by atomic mass is 10.1. The van der Waals surface area contributed by atoms with Crippen molar-refractivity contribution in [1.82, 2.24) is 0 Å². The van der Waals surface area contributed by atoms with Gasteiger partial charge in [-0.25, -0.2) is 0 Å². The normalized spacial score (nSPS) is 10.2. The molecule has 0 fully saturated rings. The smallest absolute Gasteiger partial charge is 0.291 e. The standard InChI is InChI=1S/C20H17ClN2O5/c1-26-13-6-8-17(27-2)14(11-13)19(24)22-15-7-5-12(21)10-16(15)23-20(25)18-4-3-9-28-18/h3-11H,1-2H3,(H,22,24)(H,23,25). The Morgan fingerprint density at radius 3 is 2.39 bits per heavy atom. The molecule has 0 aliphatic rings. The topological polar surface area (TPSA) is 89.8 Å². The molecule has 0 aliphatic heterocycles. The van der Waals surface area contributed by atoms with E-state index in [1.807, 2.05) is 0 Å². The molecular weight excluding hydrogens is 384 g/mol. The minimum absolute atomic E-state index is 0.131. The minimum Gasteiger partial charge on any atom is -0.497 e. The van der Waals surface area contributed by atoms with Crippen LogP contribution in [0.4, 0.5) is 11.4 Å². The van der Waals surface area contributed by atoms with Gasteiger partial charge in [0.1, 0.15) is 11.5 Å². The van der Waals surface area contributed by atoms with Crippen molar-refractivity contribution >= 4 is 34.8 Å². The van der Waals surface area contributed by atoms with E-state index in [0.717, 1.165) is 0 Å². The Balaban J connectivity index is 1.88. The maximum Gasteiger partial charge on any atom is 0.291 e. The van der Waals surface area contributed by atoms with Gasteiger partial charge in [0.25, 0.3) is 11.8 Å². The molecule has 8 heteroatoms. The second kappa shape index (κ2) is 8.49. The largest absolute Gasteiger partial charge is 0.497 e. The van der Waals surface area contributed by atoms with Crippen LogP contribution in [0.25, 0.3) is 0 Å². The van der Waals surface area contributed by atoms with Crippen LogP contribution in [0.5, 0.6) is 11.5 Å². The van der Waals surface area contributed by atoms with E-state index in [0.29, 0.717) is 27.9 Å². The van der Waals surface area contributed by atoms with Crippen molar-refractivity contribution in [2.24, 2.45) is 0 Å². The summed E-state index contributed by atoms with van der Waals surface area (Å²) in [5.41, 5.74) is 0.961. The van der Waals surface area contributed by atoms with Crippen LogP contribution in [0, 0.1) is 0 Å². The average Bonchev–Trinajstić information content (AvgIpc) is 3.24. The summed E-state index contributed by atoms with van der Waals surface area (Å²) in [7, 11) is 2.97. The highest BCUT2D eigenvalue weighted by atomic mass is 35.5. The Morgan fingerprint density at radius 2 is 1.71 bits per heavy atom. The third kappa shape index (κ3) is 4.27. The summed E-state index contributed by atoms with van der Waals surface area (Å²) >= 11 is 6.04. The summed E-state index contributed by atoms with van der Waals surface area (Å²) < 4.78 is 15.5. The van der Waals surface area contributed by atoms with Gasteiger partial charge in [-0.1, -0.05) is 11.6 Å². The highest BCUT2D eigenvalue weighted by molar-refractivity contribution is 6.31. The molecule has 0 unspecified atom stereocenters. The molecule has 0 saturated carbocycles. The molecule has 144 valence electrons. The van der Waals surface area contributed by atoms with Crippen molar-refractivity contribution in [2.45, 2.75) is 0 Å². The number of furan rings is 1. The fourth-order valence-corrected chi connectivity index (χ4v) is 2.67. The van der Waals surface area contributed by atoms with Crippen LogP contribution in [-0.4, -0.2) is 26.0 Å². The first-order chi connectivity index (χ1) is 13.5. The highest BCUT2D eigenvalue weighted by Crippen LogP contribution is 2.29. The number of anilines is 2. The Morgan fingerprint density at radius 1 is 0.929 bits per heavy atom. The fraction of sp³-hybridized carbons (Fsp3) is 0.100. The van der Waals surface area contributed by atoms with Gasteiger partial charge in [-0.3, -0.25) is 9.59 Å². The second-order valence-electron chi connectivity index (χ2n) is 5.64. The molecule has 28 heavy (non-hydrogen) atoms. The predicted molar refractivity (Wildman–Crippen MR) is 106 cm³/mol. The molecule has 1 heterocycles. The quantitative estimate of drug-likeness (QED) is 0.637. The number of halogens is 1. The molecule has 3 rings (SSSR count). The van der Waals surface area contributed by atoms with Crippen LogP contribution >= 0.6 is 11.6 Å². The zero-order valence-electron chi connectivity index (χ0n) is 15.1. The van der Waals surface area contributed by atoms with Gasteiger partial charge in [0, 0.05) is 5.02 Å². The molecule has 2 aromatic carbocycles. The zero-order valence-corrected chi connectivity index (χ0v) is 15.9. The Hall–Kier alpha value is -3.45. The van der Waals surface area contributed by atoms with E-state index in [4.69, 9.17) is 25.5 Å². The van der Waals surface area contributed by atoms with Gasteiger partial charge in [0.15, 0.2) is 5.76 Å². The lowest BCUT2D eigenvalue weighted by Gasteiger charge is -2.14. The molecule has 0 spiro atoms. The second-order valence-corrected chi connectivity index (χ2v) is 6.08. The highest BCUT2D eigenvalue weighted by Gasteiger charge is 2.17. The van der Waals surface area contributed by atoms with E-state index < -0.39 is 11.8 Å². The van der Waals surface area contributed by atoms with Gasteiger partial charge in [-0.15, -0.1) is 0 Å². The van der Waals surface area contributed by atoms with Crippen LogP contribution < -0.4 is 20.1 Å². The molecule has 7 nitrogen and oxygen atoms in total. The summed E-state index contributed by atoms with van der Waals surface area (Å²) in [5.74, 6) is 0.113. The number of carbonyl (C=O) groups is 2. The summed E-state index contributed by atoms with van der Waals surface area (Å²) in [5, 5.41) is 5.82. The number of hydrogen-bond acceptors (Lipinski definition) is 5. The van der Waals surface area contributed by atoms with Crippen molar-refractivity contribution in [3.05, 3.63) is 71.1 Å². The molecule has 2 amide bonds. The van der Waals surface area contributed by atoms with Crippen LogP contribution in [0.1, 0.15) is 20.9 Å². The van der Waals surface area contributed by atoms with Gasteiger partial charge in [0.2, 0.25) is 0 Å². The van der Waals surface area contributed by atoms with E-state index in [-0.39, 0.29) is 11.3 Å². The number of nitrogens with one attached hydrogen (secondary N) is 2. The first-order valence-corrected chi connectivity index (χ1v) is 8.57. The summed E-state index contributed by atoms with van der Waals surface area (Å²) in [4.78, 5) is 25.1. The van der Waals surface area contributed by atoms with Crippen LogP contribution in [0.15, 0.2) is 59.2 Å². The molecule has 0 atom stereocenters. The van der Waals surface area contributed by atoms with Gasteiger partial charge in [-0.2, -0.15) is 0 Å². The van der Waals surface area contributed by atoms with Crippen molar-refractivity contribution in [2.75, 3.05) is 24.9 Å². The molecule has 3 aromatic rings. The van der Waals surface area contributed by atoms with Crippen molar-refractivity contribution in [3.63, 3.8) is 0 Å². The number of rotatable bonds is 6. The van der Waals surface area contributed by atoms with Crippen molar-refractivity contribution in [3.8, 4) is 11.5 Å². The van der Waals surface area contributed by atoms with Crippen molar-refractivity contribution < 1.29 is 23.5 Å². The van der Waals surface area contributed by atoms with Gasteiger partial charge in [0.05, 0.1) is 37.4 Å². The van der Waals surface area contributed by atoms with Gasteiger partial charge < -0.3 is 24.5 Å². The molecule has 0 radical (unpaired) electrons. The van der Waals surface area contributed by atoms with Gasteiger partial charge >= 0.3 is 0 Å². The Kier molecular flexibility index (Phi) is 5.86. The van der Waals surface area contributed by atoms with E-state index in [1.54, 1.807) is 36.4 Å². The summed E-state index contributed by atoms with van der Waals surface area (Å²) in [6.45, 7) is 0. The number of benzene rings is 2. The summed E-state index contributed by atoms with van der Waals surface area (Å²) in [6, 6.07) is 12.7. The molecule has 0 bridgehead atoms. The Bertz CT molecular complexity index is 1000. The van der Waals surface area contributed by atoms with E-state index in [9.17, 15) is 9.59 Å². The Labute approximate surface area is 166 Å². The lowest BCUT2D eigenvalue weighted by molar-refractivity contribution is 0.0993. The first-order valence-electron chi connectivity index (χ1n) is 8.19. The number of carbonyl (C=O) groups excluding carboxylic acids is 2. The lowest BCUT2D eigenvalue weighted by Crippen LogP contribution is -2.17. The number of amides is 2. The minimum atomic E-state index is -0.471. The van der Waals surface area contributed by atoms with Crippen LogP contribution in [0.3, 0.4) is 0 Å². The molecule has 2 N–H and O–H groups in total. The predicted octanol–water partition coefficient (Wildman–Crippen LogP) is 4.45. The van der Waals surface area contributed by atoms with E-state index >= 15 is 0 Å². The molecular formula is C20H17ClN2O5. The third-order valence-corrected chi connectivity index (χ3v) is 4.11. The van der Waals surface area contributed by atoms with Crippen LogP contribution in [0.2, 0.25) is 5.02 Å². The SMILES string of the molecule is COc1ccc(OC)c(C(=O)Nc2ccc(Cl)cc2NC(=O)c2ccco2)c1. The summed E-state index contributed by atoms with van der Waals surface area (Å²) in [6.07, 6.45) is 1.39. The van der Waals surface area contributed by atoms with Crippen molar-refractivity contribution in [1.29, 1.82) is 0 Å². The average molecular weight is 401 g/mol. The first kappa shape index (κ1) is 19.3. The van der Waals surface area contributed by atoms with Crippen LogP contribution in [-0.2, 0) is 0 Å². The fourth-order valence-electron chi connectivity index (χ4n) is 2.50. The maximum atomic E-state index is 12.8. The zero-order chi connectivity index (χ0) is 20.1. The molecule has 0 saturated heterocycles. The monoisotopic (exact) mass is 400 g/mol. The number of hydrogen-bond donors (Lipinski definition) is 2. The van der Waals surface area contributed by atoms with E-state index in [1.165, 1.54) is 32.6 Å². The van der Waals surface area contributed by atoms with E-state index in [2.05, 4.69) is 10.6 Å². The maximum absolute atomic E-state index is 12.8.